The molecule has 0 bridgehead atoms. The van der Waals surface area contributed by atoms with Gasteiger partial charge in [0.15, 0.2) is 0 Å². The predicted octanol–water partition coefficient (Wildman–Crippen LogP) is 5.67. The average molecular weight is 465 g/mol. The lowest BCUT2D eigenvalue weighted by Crippen LogP contribution is -2.47. The van der Waals surface area contributed by atoms with E-state index in [1.807, 2.05) is 53.4 Å². The molecule has 1 aliphatic rings. The standard InChI is InChI=1S/C27H29ClN2O3/c1-32-25-11-9-20(10-12-25)19-29-15-13-23(14-16-29)30(24-7-4-8-26(18-24)33-2)27(31)21-5-3-6-22(28)17-21/h3-12,17-18,23H,13-16,19H2,1-2H3. The summed E-state index contributed by atoms with van der Waals surface area (Å²) in [6.07, 6.45) is 1.78. The minimum absolute atomic E-state index is 0.0423. The SMILES string of the molecule is COc1ccc(CN2CCC(N(C(=O)c3cccc(Cl)c3)c3cccc(OC)c3)CC2)cc1. The van der Waals surface area contributed by atoms with Crippen molar-refractivity contribution in [2.45, 2.75) is 25.4 Å². The molecule has 0 N–H and O–H groups in total. The molecular formula is C27H29ClN2O3. The molecule has 3 aromatic carbocycles. The molecule has 33 heavy (non-hydrogen) atoms. The van der Waals surface area contributed by atoms with Gasteiger partial charge in [-0.3, -0.25) is 9.69 Å². The summed E-state index contributed by atoms with van der Waals surface area (Å²) in [6, 6.07) is 23.2. The summed E-state index contributed by atoms with van der Waals surface area (Å²) in [5, 5.41) is 0.556. The number of piperidine rings is 1. The number of amides is 1. The molecule has 0 radical (unpaired) electrons. The Kier molecular flexibility index (Phi) is 7.53. The fourth-order valence-electron chi connectivity index (χ4n) is 4.34. The van der Waals surface area contributed by atoms with Crippen LogP contribution in [-0.2, 0) is 6.54 Å². The second-order valence-corrected chi connectivity index (χ2v) is 8.68. The van der Waals surface area contributed by atoms with Crippen molar-refractivity contribution in [2.75, 3.05) is 32.2 Å². The van der Waals surface area contributed by atoms with Crippen molar-refractivity contribution in [3.63, 3.8) is 0 Å². The molecule has 1 amide bonds. The Morgan fingerprint density at radius 2 is 1.64 bits per heavy atom. The normalized spacial score (nSPS) is 14.6. The summed E-state index contributed by atoms with van der Waals surface area (Å²) >= 11 is 6.18. The molecule has 1 saturated heterocycles. The highest BCUT2D eigenvalue weighted by molar-refractivity contribution is 6.31. The van der Waals surface area contributed by atoms with Crippen LogP contribution in [0.2, 0.25) is 5.02 Å². The van der Waals surface area contributed by atoms with Gasteiger partial charge in [0, 0.05) is 48.0 Å². The highest BCUT2D eigenvalue weighted by Crippen LogP contribution is 2.29. The first-order valence-corrected chi connectivity index (χ1v) is 11.5. The predicted molar refractivity (Wildman–Crippen MR) is 133 cm³/mol. The zero-order valence-corrected chi connectivity index (χ0v) is 19.8. The van der Waals surface area contributed by atoms with Gasteiger partial charge in [-0.15, -0.1) is 0 Å². The van der Waals surface area contributed by atoms with Crippen molar-refractivity contribution in [1.29, 1.82) is 0 Å². The van der Waals surface area contributed by atoms with E-state index >= 15 is 0 Å². The minimum Gasteiger partial charge on any atom is -0.497 e. The molecule has 3 aromatic rings. The fourth-order valence-corrected chi connectivity index (χ4v) is 4.53. The molecular weight excluding hydrogens is 436 g/mol. The van der Waals surface area contributed by atoms with E-state index in [2.05, 4.69) is 17.0 Å². The van der Waals surface area contributed by atoms with Crippen LogP contribution in [0.4, 0.5) is 5.69 Å². The summed E-state index contributed by atoms with van der Waals surface area (Å²) in [7, 11) is 3.32. The van der Waals surface area contributed by atoms with Gasteiger partial charge < -0.3 is 14.4 Å². The maximum absolute atomic E-state index is 13.6. The maximum Gasteiger partial charge on any atom is 0.258 e. The molecule has 0 unspecified atom stereocenters. The fraction of sp³-hybridized carbons (Fsp3) is 0.296. The number of hydrogen-bond acceptors (Lipinski definition) is 4. The highest BCUT2D eigenvalue weighted by atomic mass is 35.5. The lowest BCUT2D eigenvalue weighted by atomic mass is 10.00. The quantitative estimate of drug-likeness (QED) is 0.452. The number of likely N-dealkylation sites (tertiary alicyclic amines) is 1. The van der Waals surface area contributed by atoms with Crippen LogP contribution < -0.4 is 14.4 Å². The smallest absolute Gasteiger partial charge is 0.258 e. The zero-order valence-electron chi connectivity index (χ0n) is 19.0. The molecule has 0 aliphatic carbocycles. The van der Waals surface area contributed by atoms with E-state index in [1.54, 1.807) is 26.4 Å². The summed E-state index contributed by atoms with van der Waals surface area (Å²) < 4.78 is 10.7. The molecule has 0 spiro atoms. The van der Waals surface area contributed by atoms with Gasteiger partial charge in [0.2, 0.25) is 0 Å². The molecule has 1 heterocycles. The number of anilines is 1. The van der Waals surface area contributed by atoms with Gasteiger partial charge in [-0.25, -0.2) is 0 Å². The Morgan fingerprint density at radius 1 is 0.939 bits per heavy atom. The number of ether oxygens (including phenoxy) is 2. The Bertz CT molecular complexity index is 1080. The van der Waals surface area contributed by atoms with Crippen LogP contribution in [-0.4, -0.2) is 44.2 Å². The van der Waals surface area contributed by atoms with Crippen LogP contribution in [0.1, 0.15) is 28.8 Å². The molecule has 0 saturated carbocycles. The van der Waals surface area contributed by atoms with Crippen LogP contribution in [0.25, 0.3) is 0 Å². The van der Waals surface area contributed by atoms with Crippen molar-refractivity contribution < 1.29 is 14.3 Å². The topological polar surface area (TPSA) is 42.0 Å². The molecule has 6 heteroatoms. The van der Waals surface area contributed by atoms with Gasteiger partial charge in [0.1, 0.15) is 11.5 Å². The Balaban J connectivity index is 1.51. The largest absolute Gasteiger partial charge is 0.497 e. The van der Waals surface area contributed by atoms with Gasteiger partial charge in [-0.2, -0.15) is 0 Å². The number of benzene rings is 3. The minimum atomic E-state index is -0.0423. The number of carbonyl (C=O) groups is 1. The van der Waals surface area contributed by atoms with Gasteiger partial charge >= 0.3 is 0 Å². The molecule has 4 rings (SSSR count). The molecule has 1 fully saturated rings. The number of carbonyl (C=O) groups excluding carboxylic acids is 1. The van der Waals surface area contributed by atoms with Gasteiger partial charge in [-0.1, -0.05) is 35.9 Å². The van der Waals surface area contributed by atoms with Crippen molar-refractivity contribution in [1.82, 2.24) is 4.90 Å². The van der Waals surface area contributed by atoms with Crippen molar-refractivity contribution in [3.8, 4) is 11.5 Å². The molecule has 0 atom stereocenters. The first-order valence-electron chi connectivity index (χ1n) is 11.2. The van der Waals surface area contributed by atoms with Crippen molar-refractivity contribution in [3.05, 3.63) is 88.9 Å². The number of rotatable bonds is 7. The van der Waals surface area contributed by atoms with Gasteiger partial charge in [0.05, 0.1) is 14.2 Å². The summed E-state index contributed by atoms with van der Waals surface area (Å²) in [5.74, 6) is 1.55. The number of halogens is 1. The average Bonchev–Trinajstić information content (AvgIpc) is 2.86. The van der Waals surface area contributed by atoms with E-state index in [1.165, 1.54) is 5.56 Å². The van der Waals surface area contributed by atoms with Crippen LogP contribution in [0.5, 0.6) is 11.5 Å². The molecule has 1 aliphatic heterocycles. The Morgan fingerprint density at radius 3 is 2.30 bits per heavy atom. The van der Waals surface area contributed by atoms with Crippen LogP contribution >= 0.6 is 11.6 Å². The number of nitrogens with zero attached hydrogens (tertiary/aromatic N) is 2. The first kappa shape index (κ1) is 23.1. The van der Waals surface area contributed by atoms with E-state index in [-0.39, 0.29) is 11.9 Å². The van der Waals surface area contributed by atoms with Crippen LogP contribution in [0, 0.1) is 0 Å². The number of methoxy groups -OCH3 is 2. The second kappa shape index (κ2) is 10.7. The van der Waals surface area contributed by atoms with E-state index in [9.17, 15) is 4.79 Å². The molecule has 0 aromatic heterocycles. The summed E-state index contributed by atoms with van der Waals surface area (Å²) in [4.78, 5) is 18.0. The lowest BCUT2D eigenvalue weighted by Gasteiger charge is -2.38. The molecule has 172 valence electrons. The summed E-state index contributed by atoms with van der Waals surface area (Å²) in [5.41, 5.74) is 2.69. The number of hydrogen-bond donors (Lipinski definition) is 0. The lowest BCUT2D eigenvalue weighted by molar-refractivity contribution is 0.0958. The van der Waals surface area contributed by atoms with Crippen molar-refractivity contribution in [2.24, 2.45) is 0 Å². The van der Waals surface area contributed by atoms with Crippen LogP contribution in [0.3, 0.4) is 0 Å². The van der Waals surface area contributed by atoms with E-state index in [0.717, 1.165) is 49.7 Å². The monoisotopic (exact) mass is 464 g/mol. The van der Waals surface area contributed by atoms with Gasteiger partial charge in [-0.05, 0) is 60.9 Å². The van der Waals surface area contributed by atoms with E-state index in [4.69, 9.17) is 21.1 Å². The van der Waals surface area contributed by atoms with E-state index < -0.39 is 0 Å². The van der Waals surface area contributed by atoms with Crippen LogP contribution in [0.15, 0.2) is 72.8 Å². The first-order chi connectivity index (χ1) is 16.1. The Labute approximate surface area is 200 Å². The Hall–Kier alpha value is -3.02. The third-order valence-electron chi connectivity index (χ3n) is 6.11. The van der Waals surface area contributed by atoms with Gasteiger partial charge in [0.25, 0.3) is 5.91 Å². The highest BCUT2D eigenvalue weighted by Gasteiger charge is 2.30. The molecule has 5 nitrogen and oxygen atoms in total. The maximum atomic E-state index is 13.6. The third kappa shape index (κ3) is 5.67. The second-order valence-electron chi connectivity index (χ2n) is 8.24. The third-order valence-corrected chi connectivity index (χ3v) is 6.34. The zero-order chi connectivity index (χ0) is 23.2. The summed E-state index contributed by atoms with van der Waals surface area (Å²) in [6.45, 7) is 2.72. The van der Waals surface area contributed by atoms with Crippen molar-refractivity contribution >= 4 is 23.2 Å². The van der Waals surface area contributed by atoms with E-state index in [0.29, 0.717) is 10.6 Å².